The third-order valence-corrected chi connectivity index (χ3v) is 3.00. The van der Waals surface area contributed by atoms with Crippen LogP contribution >= 0.6 is 0 Å². The minimum Gasteiger partial charge on any atom is -0.497 e. The summed E-state index contributed by atoms with van der Waals surface area (Å²) in [7, 11) is 1.59. The summed E-state index contributed by atoms with van der Waals surface area (Å²) >= 11 is 0. The molecule has 0 aromatic heterocycles. The van der Waals surface area contributed by atoms with Crippen molar-refractivity contribution in [1.82, 2.24) is 0 Å². The summed E-state index contributed by atoms with van der Waals surface area (Å²) in [5.74, 6) is 0.583. The lowest BCUT2D eigenvalue weighted by Crippen LogP contribution is -2.29. The van der Waals surface area contributed by atoms with Gasteiger partial charge in [0, 0.05) is 18.3 Å². The molecule has 0 unspecified atom stereocenters. The SMILES string of the molecule is COc1cccc(NC(=O)[C@@H]2CC[C@H](CN)O2)c1. The fourth-order valence-electron chi connectivity index (χ4n) is 2.00. The summed E-state index contributed by atoms with van der Waals surface area (Å²) in [6.07, 6.45) is 1.17. The van der Waals surface area contributed by atoms with Gasteiger partial charge in [-0.1, -0.05) is 6.07 Å². The van der Waals surface area contributed by atoms with E-state index in [1.807, 2.05) is 18.2 Å². The topological polar surface area (TPSA) is 73.6 Å². The van der Waals surface area contributed by atoms with Crippen molar-refractivity contribution in [3.63, 3.8) is 0 Å². The van der Waals surface area contributed by atoms with E-state index in [-0.39, 0.29) is 12.0 Å². The molecular weight excluding hydrogens is 232 g/mol. The summed E-state index contributed by atoms with van der Waals surface area (Å²) in [6.45, 7) is 0.461. The Labute approximate surface area is 106 Å². The summed E-state index contributed by atoms with van der Waals surface area (Å²) in [4.78, 5) is 12.0. The Bertz CT molecular complexity index is 422. The van der Waals surface area contributed by atoms with Crippen LogP contribution in [0, 0.1) is 0 Å². The van der Waals surface area contributed by atoms with Gasteiger partial charge in [-0.15, -0.1) is 0 Å². The lowest BCUT2D eigenvalue weighted by atomic mass is 10.2. The van der Waals surface area contributed by atoms with Crippen molar-refractivity contribution in [3.8, 4) is 5.75 Å². The van der Waals surface area contributed by atoms with Crippen LogP contribution in [0.1, 0.15) is 12.8 Å². The smallest absolute Gasteiger partial charge is 0.253 e. The number of hydrogen-bond donors (Lipinski definition) is 2. The first-order chi connectivity index (χ1) is 8.72. The van der Waals surface area contributed by atoms with Crippen LogP contribution in [-0.2, 0) is 9.53 Å². The van der Waals surface area contributed by atoms with E-state index in [0.29, 0.717) is 18.0 Å². The molecule has 1 amide bonds. The highest BCUT2D eigenvalue weighted by Crippen LogP contribution is 2.22. The quantitative estimate of drug-likeness (QED) is 0.840. The molecule has 1 fully saturated rings. The number of nitrogens with one attached hydrogen (secondary N) is 1. The first-order valence-corrected chi connectivity index (χ1v) is 6.03. The van der Waals surface area contributed by atoms with Crippen LogP contribution in [0.4, 0.5) is 5.69 Å². The Kier molecular flexibility index (Phi) is 4.17. The van der Waals surface area contributed by atoms with Crippen LogP contribution < -0.4 is 15.8 Å². The molecule has 2 atom stereocenters. The van der Waals surface area contributed by atoms with Crippen LogP contribution in [0.3, 0.4) is 0 Å². The molecule has 2 rings (SSSR count). The van der Waals surface area contributed by atoms with Gasteiger partial charge in [0.2, 0.25) is 0 Å². The molecule has 98 valence electrons. The maximum absolute atomic E-state index is 12.0. The third-order valence-electron chi connectivity index (χ3n) is 3.00. The number of carbonyl (C=O) groups is 1. The van der Waals surface area contributed by atoms with Crippen molar-refractivity contribution < 1.29 is 14.3 Å². The van der Waals surface area contributed by atoms with Crippen molar-refractivity contribution in [2.24, 2.45) is 5.73 Å². The van der Waals surface area contributed by atoms with Gasteiger partial charge in [-0.2, -0.15) is 0 Å². The molecule has 1 heterocycles. The van der Waals surface area contributed by atoms with E-state index in [1.165, 1.54) is 0 Å². The van der Waals surface area contributed by atoms with Gasteiger partial charge in [-0.25, -0.2) is 0 Å². The van der Waals surface area contributed by atoms with Gasteiger partial charge < -0.3 is 20.5 Å². The highest BCUT2D eigenvalue weighted by molar-refractivity contribution is 5.94. The van der Waals surface area contributed by atoms with Gasteiger partial charge in [0.15, 0.2) is 0 Å². The van der Waals surface area contributed by atoms with Crippen molar-refractivity contribution >= 4 is 11.6 Å². The molecule has 0 saturated carbocycles. The summed E-state index contributed by atoms with van der Waals surface area (Å²) in [6, 6.07) is 7.24. The Hall–Kier alpha value is -1.59. The second-order valence-electron chi connectivity index (χ2n) is 4.28. The van der Waals surface area contributed by atoms with E-state index < -0.39 is 6.10 Å². The van der Waals surface area contributed by atoms with Gasteiger partial charge in [-0.3, -0.25) is 4.79 Å². The predicted octanol–water partition coefficient (Wildman–Crippen LogP) is 1.14. The zero-order valence-electron chi connectivity index (χ0n) is 10.4. The van der Waals surface area contributed by atoms with Crippen LogP contribution in [0.15, 0.2) is 24.3 Å². The molecule has 1 aliphatic rings. The lowest BCUT2D eigenvalue weighted by Gasteiger charge is -2.13. The number of hydrogen-bond acceptors (Lipinski definition) is 4. The molecule has 5 nitrogen and oxygen atoms in total. The van der Waals surface area contributed by atoms with Gasteiger partial charge in [0.25, 0.3) is 5.91 Å². The molecule has 0 spiro atoms. The molecule has 1 saturated heterocycles. The van der Waals surface area contributed by atoms with E-state index in [0.717, 1.165) is 12.8 Å². The van der Waals surface area contributed by atoms with Gasteiger partial charge in [0.05, 0.1) is 13.2 Å². The van der Waals surface area contributed by atoms with Gasteiger partial charge in [0.1, 0.15) is 11.9 Å². The van der Waals surface area contributed by atoms with Gasteiger partial charge >= 0.3 is 0 Å². The molecule has 0 bridgehead atoms. The van der Waals surface area contributed by atoms with Crippen LogP contribution in [0.2, 0.25) is 0 Å². The van der Waals surface area contributed by atoms with Gasteiger partial charge in [-0.05, 0) is 25.0 Å². The number of anilines is 1. The Balaban J connectivity index is 1.94. The molecule has 18 heavy (non-hydrogen) atoms. The first-order valence-electron chi connectivity index (χ1n) is 6.03. The molecule has 1 aromatic carbocycles. The number of benzene rings is 1. The Morgan fingerprint density at radius 1 is 1.56 bits per heavy atom. The van der Waals surface area contributed by atoms with Crippen molar-refractivity contribution in [1.29, 1.82) is 0 Å². The normalized spacial score (nSPS) is 22.8. The van der Waals surface area contributed by atoms with Crippen LogP contribution in [-0.4, -0.2) is 31.8 Å². The molecule has 5 heteroatoms. The minimum absolute atomic E-state index is 0.00561. The number of nitrogens with two attached hydrogens (primary N) is 1. The standard InChI is InChI=1S/C13H18N2O3/c1-17-10-4-2-3-9(7-10)15-13(16)12-6-5-11(8-14)18-12/h2-4,7,11-12H,5-6,8,14H2,1H3,(H,15,16)/t11-,12+/m1/s1. The van der Waals surface area contributed by atoms with E-state index in [9.17, 15) is 4.79 Å². The summed E-state index contributed by atoms with van der Waals surface area (Å²) in [5, 5.41) is 2.82. The highest BCUT2D eigenvalue weighted by Gasteiger charge is 2.29. The van der Waals surface area contributed by atoms with Crippen LogP contribution in [0.5, 0.6) is 5.75 Å². The molecule has 1 aromatic rings. The van der Waals surface area contributed by atoms with Crippen molar-refractivity contribution in [2.75, 3.05) is 19.0 Å². The summed E-state index contributed by atoms with van der Waals surface area (Å²) in [5.41, 5.74) is 6.22. The molecular formula is C13H18N2O3. The number of rotatable bonds is 4. The molecule has 0 radical (unpaired) electrons. The number of ether oxygens (including phenoxy) is 2. The highest BCUT2D eigenvalue weighted by atomic mass is 16.5. The maximum atomic E-state index is 12.0. The fourth-order valence-corrected chi connectivity index (χ4v) is 2.00. The predicted molar refractivity (Wildman–Crippen MR) is 68.6 cm³/mol. The zero-order chi connectivity index (χ0) is 13.0. The number of carbonyl (C=O) groups excluding carboxylic acids is 1. The fraction of sp³-hybridized carbons (Fsp3) is 0.462. The van der Waals surface area contributed by atoms with Crippen molar-refractivity contribution in [3.05, 3.63) is 24.3 Å². The second kappa shape index (κ2) is 5.84. The molecule has 1 aliphatic heterocycles. The molecule has 3 N–H and O–H groups in total. The van der Waals surface area contributed by atoms with Crippen molar-refractivity contribution in [2.45, 2.75) is 25.0 Å². The number of amides is 1. The monoisotopic (exact) mass is 250 g/mol. The first kappa shape index (κ1) is 12.9. The lowest BCUT2D eigenvalue weighted by molar-refractivity contribution is -0.126. The van der Waals surface area contributed by atoms with E-state index >= 15 is 0 Å². The van der Waals surface area contributed by atoms with E-state index in [4.69, 9.17) is 15.2 Å². The average molecular weight is 250 g/mol. The van der Waals surface area contributed by atoms with E-state index in [2.05, 4.69) is 5.32 Å². The Morgan fingerprint density at radius 3 is 3.06 bits per heavy atom. The average Bonchev–Trinajstić information content (AvgIpc) is 2.88. The van der Waals surface area contributed by atoms with E-state index in [1.54, 1.807) is 13.2 Å². The second-order valence-corrected chi connectivity index (χ2v) is 4.28. The molecule has 0 aliphatic carbocycles. The largest absolute Gasteiger partial charge is 0.497 e. The zero-order valence-corrected chi connectivity index (χ0v) is 10.4. The minimum atomic E-state index is -0.398. The maximum Gasteiger partial charge on any atom is 0.253 e. The van der Waals surface area contributed by atoms with Crippen LogP contribution in [0.25, 0.3) is 0 Å². The number of methoxy groups -OCH3 is 1. The summed E-state index contributed by atoms with van der Waals surface area (Å²) < 4.78 is 10.6. The Morgan fingerprint density at radius 2 is 2.39 bits per heavy atom. The third kappa shape index (κ3) is 3.00.